The van der Waals surface area contributed by atoms with Gasteiger partial charge < -0.3 is 25.3 Å². The molecule has 1 saturated carbocycles. The summed E-state index contributed by atoms with van der Waals surface area (Å²) in [5.74, 6) is -0.175. The van der Waals surface area contributed by atoms with E-state index in [-0.39, 0.29) is 60.5 Å². The Balaban J connectivity index is 0.797. The number of anilines is 2. The first-order valence-electron chi connectivity index (χ1n) is 20.6. The number of piperazine rings is 1. The first kappa shape index (κ1) is 39.5. The Morgan fingerprint density at radius 3 is 2.52 bits per heavy atom. The predicted molar refractivity (Wildman–Crippen MR) is 216 cm³/mol. The van der Waals surface area contributed by atoms with E-state index in [9.17, 15) is 28.8 Å². The molecule has 8 rings (SSSR count). The van der Waals surface area contributed by atoms with Crippen LogP contribution in [-0.2, 0) is 36.9 Å². The largest absolute Gasteiger partial charge is 0.355 e. The van der Waals surface area contributed by atoms with Crippen LogP contribution in [0, 0.1) is 0 Å². The Labute approximate surface area is 342 Å². The molecule has 2 saturated heterocycles. The standard InChI is InChI=1S/C43H49ClN8O6/c1-25-20-37(55)48-39-38(25)40(47-24-46-39)50-18-19-51(34-21-33(34)50)43(58)30(27-12-14-28(44)15-13-27)22-45-35(53)11-6-4-2-3-5-8-26-9-7-10-29-31(26)23-52(42(29)57)32-16-17-36(54)49-41(32)56/h7,9-10,12-15,24-25,30,32-34H,2-6,8,11,16-23H2,1H3,(H,45,53)(H,49,54,56)(H,46,47,48,55)/t25-,30-,32?,33+,34-/m1/s1. The van der Waals surface area contributed by atoms with Gasteiger partial charge in [0.2, 0.25) is 29.5 Å². The van der Waals surface area contributed by atoms with E-state index >= 15 is 0 Å². The van der Waals surface area contributed by atoms with E-state index in [1.54, 1.807) is 17.0 Å². The van der Waals surface area contributed by atoms with Crippen molar-refractivity contribution in [2.75, 3.05) is 29.9 Å². The highest BCUT2D eigenvalue weighted by Crippen LogP contribution is 2.44. The molecule has 1 aromatic heterocycles. The van der Waals surface area contributed by atoms with E-state index < -0.39 is 17.9 Å². The van der Waals surface area contributed by atoms with Gasteiger partial charge in [0.25, 0.3) is 5.91 Å². The van der Waals surface area contributed by atoms with Gasteiger partial charge in [-0.05, 0) is 72.9 Å². The molecule has 1 unspecified atom stereocenters. The zero-order valence-corrected chi connectivity index (χ0v) is 33.4. The summed E-state index contributed by atoms with van der Waals surface area (Å²) in [6, 6.07) is 12.5. The van der Waals surface area contributed by atoms with Crippen LogP contribution in [0.2, 0.25) is 5.02 Å². The molecule has 2 aromatic carbocycles. The van der Waals surface area contributed by atoms with Crippen molar-refractivity contribution in [2.45, 2.75) is 114 Å². The number of hydrogen-bond donors (Lipinski definition) is 3. The summed E-state index contributed by atoms with van der Waals surface area (Å²) < 4.78 is 0. The van der Waals surface area contributed by atoms with Crippen LogP contribution < -0.4 is 20.9 Å². The average molecular weight is 809 g/mol. The van der Waals surface area contributed by atoms with Crippen LogP contribution in [0.1, 0.15) is 116 Å². The number of nitrogens with one attached hydrogen (secondary N) is 3. The quantitative estimate of drug-likeness (QED) is 0.155. The second-order valence-corrected chi connectivity index (χ2v) is 16.7. The number of halogens is 1. The molecule has 0 radical (unpaired) electrons. The molecule has 0 spiro atoms. The fourth-order valence-corrected chi connectivity index (χ4v) is 9.34. The molecule has 1 aliphatic carbocycles. The molecule has 15 heteroatoms. The zero-order valence-electron chi connectivity index (χ0n) is 32.7. The Kier molecular flexibility index (Phi) is 11.5. The highest BCUT2D eigenvalue weighted by Gasteiger charge is 2.53. The van der Waals surface area contributed by atoms with E-state index in [1.807, 2.05) is 42.2 Å². The zero-order chi connectivity index (χ0) is 40.5. The molecule has 5 aliphatic rings. The summed E-state index contributed by atoms with van der Waals surface area (Å²) in [4.78, 5) is 91.5. The minimum Gasteiger partial charge on any atom is -0.355 e. The number of aryl methyl sites for hydroxylation is 1. The smallest absolute Gasteiger partial charge is 0.255 e. The number of hydrogen-bond acceptors (Lipinski definition) is 9. The van der Waals surface area contributed by atoms with Gasteiger partial charge in [-0.2, -0.15) is 0 Å². The fourth-order valence-electron chi connectivity index (χ4n) is 9.22. The van der Waals surface area contributed by atoms with Crippen molar-refractivity contribution in [2.24, 2.45) is 0 Å². The lowest BCUT2D eigenvalue weighted by Crippen LogP contribution is -2.52. The maximum atomic E-state index is 14.3. The van der Waals surface area contributed by atoms with Crippen molar-refractivity contribution < 1.29 is 28.8 Å². The Hall–Kier alpha value is -5.37. The second kappa shape index (κ2) is 16.8. The van der Waals surface area contributed by atoms with Crippen LogP contribution in [0.25, 0.3) is 0 Å². The van der Waals surface area contributed by atoms with Crippen molar-refractivity contribution in [3.8, 4) is 0 Å². The van der Waals surface area contributed by atoms with Gasteiger partial charge in [0.1, 0.15) is 24.0 Å². The SMILES string of the molecule is C[C@@H]1CC(=O)Nc2ncnc(N3CCN(C(=O)[C@H](CNC(=O)CCCCCCCc4cccc5c4CN(C4CCC(=O)NC4=O)C5=O)c4ccc(Cl)cc4)[C@@H]4C[C@@H]43)c21. The number of amides is 6. The third-order valence-electron chi connectivity index (χ3n) is 12.4. The normalized spacial score (nSPS) is 22.8. The van der Waals surface area contributed by atoms with Crippen LogP contribution in [0.5, 0.6) is 0 Å². The number of aromatic nitrogens is 2. The molecular weight excluding hydrogens is 760 g/mol. The molecule has 6 amide bonds. The molecule has 5 atom stereocenters. The van der Waals surface area contributed by atoms with Gasteiger partial charge in [-0.15, -0.1) is 0 Å². The number of fused-ring (bicyclic) bond motifs is 3. The first-order valence-corrected chi connectivity index (χ1v) is 20.9. The van der Waals surface area contributed by atoms with Crippen LogP contribution >= 0.6 is 11.6 Å². The fraction of sp³-hybridized carbons (Fsp3) is 0.488. The summed E-state index contributed by atoms with van der Waals surface area (Å²) in [6.45, 7) is 3.71. The van der Waals surface area contributed by atoms with Crippen molar-refractivity contribution in [1.82, 2.24) is 30.4 Å². The van der Waals surface area contributed by atoms with Crippen LogP contribution in [0.4, 0.5) is 11.6 Å². The van der Waals surface area contributed by atoms with Crippen molar-refractivity contribution >= 4 is 58.7 Å². The predicted octanol–water partition coefficient (Wildman–Crippen LogP) is 4.61. The minimum absolute atomic E-state index is 0.00692. The van der Waals surface area contributed by atoms with Gasteiger partial charge >= 0.3 is 0 Å². The minimum atomic E-state index is -0.626. The molecule has 304 valence electrons. The third kappa shape index (κ3) is 8.16. The molecule has 3 N–H and O–H groups in total. The van der Waals surface area contributed by atoms with Gasteiger partial charge in [0, 0.05) is 61.6 Å². The summed E-state index contributed by atoms with van der Waals surface area (Å²) in [6.07, 6.45) is 8.98. The number of rotatable bonds is 14. The maximum absolute atomic E-state index is 14.3. The number of carbonyl (C=O) groups is 6. The second-order valence-electron chi connectivity index (χ2n) is 16.2. The van der Waals surface area contributed by atoms with Gasteiger partial charge in [0.05, 0.1) is 18.0 Å². The Morgan fingerprint density at radius 1 is 0.914 bits per heavy atom. The number of nitrogens with zero attached hydrogens (tertiary/aromatic N) is 5. The molecule has 3 fully saturated rings. The lowest BCUT2D eigenvalue weighted by Gasteiger charge is -2.38. The number of piperidine rings is 1. The topological polar surface area (TPSA) is 174 Å². The van der Waals surface area contributed by atoms with Gasteiger partial charge in [-0.25, -0.2) is 9.97 Å². The van der Waals surface area contributed by atoms with Crippen LogP contribution in [0.3, 0.4) is 0 Å². The highest BCUT2D eigenvalue weighted by molar-refractivity contribution is 6.30. The summed E-state index contributed by atoms with van der Waals surface area (Å²) in [7, 11) is 0. The molecule has 14 nitrogen and oxygen atoms in total. The molecule has 3 aromatic rings. The lowest BCUT2D eigenvalue weighted by molar-refractivity contribution is -0.137. The van der Waals surface area contributed by atoms with Gasteiger partial charge in [0.15, 0.2) is 0 Å². The van der Waals surface area contributed by atoms with Crippen molar-refractivity contribution in [3.63, 3.8) is 0 Å². The highest BCUT2D eigenvalue weighted by atomic mass is 35.5. The Morgan fingerprint density at radius 2 is 1.71 bits per heavy atom. The average Bonchev–Trinajstić information content (AvgIpc) is 3.94. The van der Waals surface area contributed by atoms with Gasteiger partial charge in [-0.1, -0.05) is 62.1 Å². The summed E-state index contributed by atoms with van der Waals surface area (Å²) >= 11 is 6.21. The third-order valence-corrected chi connectivity index (χ3v) is 12.6. The first-order chi connectivity index (χ1) is 28.1. The van der Waals surface area contributed by atoms with E-state index in [2.05, 4.69) is 30.8 Å². The number of carbonyl (C=O) groups excluding carboxylic acids is 6. The maximum Gasteiger partial charge on any atom is 0.255 e. The Bertz CT molecular complexity index is 2130. The van der Waals surface area contributed by atoms with Crippen molar-refractivity contribution in [1.29, 1.82) is 0 Å². The van der Waals surface area contributed by atoms with E-state index in [4.69, 9.17) is 11.6 Å². The molecule has 4 aliphatic heterocycles. The lowest BCUT2D eigenvalue weighted by atomic mass is 9.94. The van der Waals surface area contributed by atoms with E-state index in [0.717, 1.165) is 73.0 Å². The molecule has 0 bridgehead atoms. The van der Waals surface area contributed by atoms with E-state index in [0.29, 0.717) is 55.3 Å². The summed E-state index contributed by atoms with van der Waals surface area (Å²) in [5.41, 5.74) is 4.47. The van der Waals surface area contributed by atoms with Crippen LogP contribution in [0.15, 0.2) is 48.8 Å². The number of unbranched alkanes of at least 4 members (excludes halogenated alkanes) is 4. The number of imide groups is 1. The van der Waals surface area contributed by atoms with Gasteiger partial charge in [-0.3, -0.25) is 34.1 Å². The van der Waals surface area contributed by atoms with E-state index in [1.165, 1.54) is 6.33 Å². The number of benzene rings is 2. The monoisotopic (exact) mass is 808 g/mol. The molecule has 5 heterocycles. The van der Waals surface area contributed by atoms with Crippen LogP contribution in [-0.4, -0.2) is 93.0 Å². The molecular formula is C43H49ClN8O6. The van der Waals surface area contributed by atoms with Crippen molar-refractivity contribution in [3.05, 3.63) is 81.6 Å². The summed E-state index contributed by atoms with van der Waals surface area (Å²) in [5, 5.41) is 8.87. The molecule has 58 heavy (non-hydrogen) atoms.